The molecule has 0 spiro atoms. The van der Waals surface area contributed by atoms with Crippen molar-refractivity contribution in [3.05, 3.63) is 23.8 Å². The number of methoxy groups -OCH3 is 1. The predicted molar refractivity (Wildman–Crippen MR) is 79.6 cm³/mol. The molecule has 114 valence electrons. The Morgan fingerprint density at radius 3 is 2.52 bits per heavy atom. The fraction of sp³-hybridized carbons (Fsp3) is 0.500. The van der Waals surface area contributed by atoms with Crippen LogP contribution in [-0.2, 0) is 9.53 Å². The number of rotatable bonds is 4. The summed E-state index contributed by atoms with van der Waals surface area (Å²) in [4.78, 5) is 23.0. The van der Waals surface area contributed by atoms with Crippen LogP contribution in [0.5, 0.6) is 5.75 Å². The van der Waals surface area contributed by atoms with Crippen molar-refractivity contribution in [2.75, 3.05) is 12.4 Å². The highest BCUT2D eigenvalue weighted by atomic mass is 16.5. The molecule has 21 heavy (non-hydrogen) atoms. The summed E-state index contributed by atoms with van der Waals surface area (Å²) in [5.41, 5.74) is 0.896. The molecule has 1 fully saturated rings. The molecule has 2 rings (SSSR count). The first kappa shape index (κ1) is 15.4. The van der Waals surface area contributed by atoms with Gasteiger partial charge in [0, 0.05) is 12.6 Å². The molecule has 0 radical (unpaired) electrons. The number of anilines is 1. The van der Waals surface area contributed by atoms with Gasteiger partial charge in [0.1, 0.15) is 11.3 Å². The lowest BCUT2D eigenvalue weighted by molar-refractivity contribution is -0.114. The monoisotopic (exact) mass is 291 g/mol. The van der Waals surface area contributed by atoms with Gasteiger partial charge in [0.15, 0.2) is 0 Å². The van der Waals surface area contributed by atoms with Crippen LogP contribution in [0.25, 0.3) is 0 Å². The minimum Gasteiger partial charge on any atom is -0.490 e. The number of carbonyl (C=O) groups is 2. The summed E-state index contributed by atoms with van der Waals surface area (Å²) < 4.78 is 10.8. The second-order valence-electron chi connectivity index (χ2n) is 5.26. The average molecular weight is 291 g/mol. The van der Waals surface area contributed by atoms with E-state index in [9.17, 15) is 9.59 Å². The van der Waals surface area contributed by atoms with Crippen LogP contribution in [0.3, 0.4) is 0 Å². The van der Waals surface area contributed by atoms with E-state index in [1.54, 1.807) is 18.2 Å². The Balaban J connectivity index is 2.21. The van der Waals surface area contributed by atoms with Crippen LogP contribution in [0, 0.1) is 0 Å². The summed E-state index contributed by atoms with van der Waals surface area (Å²) in [6.45, 7) is 1.42. The number of nitrogens with one attached hydrogen (secondary N) is 1. The Kier molecular flexibility index (Phi) is 5.20. The van der Waals surface area contributed by atoms with E-state index in [1.165, 1.54) is 20.5 Å². The number of carbonyl (C=O) groups excluding carboxylic acids is 2. The van der Waals surface area contributed by atoms with Gasteiger partial charge in [0.05, 0.1) is 13.2 Å². The van der Waals surface area contributed by atoms with E-state index < -0.39 is 5.97 Å². The van der Waals surface area contributed by atoms with Gasteiger partial charge in [0.25, 0.3) is 0 Å². The third kappa shape index (κ3) is 4.21. The Morgan fingerprint density at radius 2 is 1.90 bits per heavy atom. The summed E-state index contributed by atoms with van der Waals surface area (Å²) >= 11 is 0. The summed E-state index contributed by atoms with van der Waals surface area (Å²) in [5, 5.41) is 2.65. The third-order valence-electron chi connectivity index (χ3n) is 3.55. The molecule has 1 amide bonds. The van der Waals surface area contributed by atoms with Crippen LogP contribution >= 0.6 is 0 Å². The van der Waals surface area contributed by atoms with Gasteiger partial charge in [-0.2, -0.15) is 0 Å². The van der Waals surface area contributed by atoms with Crippen molar-refractivity contribution >= 4 is 17.6 Å². The molecule has 1 aliphatic carbocycles. The lowest BCUT2D eigenvalue weighted by Crippen LogP contribution is -2.21. The molecule has 1 saturated carbocycles. The smallest absolute Gasteiger partial charge is 0.341 e. The predicted octanol–water partition coefficient (Wildman–Crippen LogP) is 3.14. The molecule has 1 N–H and O–H groups in total. The van der Waals surface area contributed by atoms with Crippen molar-refractivity contribution in [1.29, 1.82) is 0 Å². The molecule has 0 unspecified atom stereocenters. The van der Waals surface area contributed by atoms with Gasteiger partial charge < -0.3 is 14.8 Å². The highest BCUT2D eigenvalue weighted by Gasteiger charge is 2.20. The summed E-state index contributed by atoms with van der Waals surface area (Å²) in [7, 11) is 1.33. The van der Waals surface area contributed by atoms with Crippen molar-refractivity contribution in [1.82, 2.24) is 0 Å². The molecule has 0 saturated heterocycles. The molecule has 0 heterocycles. The number of esters is 1. The van der Waals surface area contributed by atoms with Gasteiger partial charge in [-0.1, -0.05) is 6.42 Å². The quantitative estimate of drug-likeness (QED) is 0.865. The minimum atomic E-state index is -0.465. The molecule has 0 aromatic heterocycles. The molecule has 0 aliphatic heterocycles. The largest absolute Gasteiger partial charge is 0.490 e. The topological polar surface area (TPSA) is 64.6 Å². The van der Waals surface area contributed by atoms with Crippen LogP contribution in [0.15, 0.2) is 18.2 Å². The zero-order valence-corrected chi connectivity index (χ0v) is 12.5. The van der Waals surface area contributed by atoms with Gasteiger partial charge in [-0.3, -0.25) is 4.79 Å². The Hall–Kier alpha value is -2.04. The van der Waals surface area contributed by atoms with Crippen molar-refractivity contribution in [3.63, 3.8) is 0 Å². The van der Waals surface area contributed by atoms with Crippen molar-refractivity contribution < 1.29 is 19.1 Å². The molecule has 5 heteroatoms. The maximum absolute atomic E-state index is 11.9. The molecular formula is C16H21NO4. The Bertz CT molecular complexity index is 521. The number of amides is 1. The zero-order valence-electron chi connectivity index (χ0n) is 12.5. The molecule has 0 bridgehead atoms. The molecule has 1 aromatic rings. The van der Waals surface area contributed by atoms with Gasteiger partial charge in [0.2, 0.25) is 5.91 Å². The standard InChI is InChI=1S/C16H21NO4/c1-11(18)17-12-8-9-15(14(10-12)16(19)20-2)21-13-6-4-3-5-7-13/h8-10,13H,3-7H2,1-2H3,(H,17,18). The summed E-state index contributed by atoms with van der Waals surface area (Å²) in [6.07, 6.45) is 5.71. The van der Waals surface area contributed by atoms with Crippen LogP contribution in [0.4, 0.5) is 5.69 Å². The number of hydrogen-bond donors (Lipinski definition) is 1. The maximum atomic E-state index is 11.9. The second-order valence-corrected chi connectivity index (χ2v) is 5.26. The molecule has 1 aromatic carbocycles. The van der Waals surface area contributed by atoms with Crippen LogP contribution in [-0.4, -0.2) is 25.1 Å². The molecular weight excluding hydrogens is 270 g/mol. The van der Waals surface area contributed by atoms with Crippen molar-refractivity contribution in [2.45, 2.75) is 45.1 Å². The molecule has 0 atom stereocenters. The lowest BCUT2D eigenvalue weighted by atomic mass is 9.97. The first-order valence-electron chi connectivity index (χ1n) is 7.26. The second kappa shape index (κ2) is 7.11. The maximum Gasteiger partial charge on any atom is 0.341 e. The highest BCUT2D eigenvalue weighted by Crippen LogP contribution is 2.28. The van der Waals surface area contributed by atoms with Crippen LogP contribution in [0.1, 0.15) is 49.4 Å². The van der Waals surface area contributed by atoms with E-state index in [4.69, 9.17) is 9.47 Å². The molecule has 1 aliphatic rings. The first-order valence-corrected chi connectivity index (χ1v) is 7.26. The van der Waals surface area contributed by atoms with Crippen molar-refractivity contribution in [3.8, 4) is 5.75 Å². The average Bonchev–Trinajstić information content (AvgIpc) is 2.48. The summed E-state index contributed by atoms with van der Waals surface area (Å²) in [6, 6.07) is 5.03. The molecule has 5 nitrogen and oxygen atoms in total. The number of benzene rings is 1. The Morgan fingerprint density at radius 1 is 1.19 bits per heavy atom. The number of hydrogen-bond acceptors (Lipinski definition) is 4. The zero-order chi connectivity index (χ0) is 15.2. The lowest BCUT2D eigenvalue weighted by Gasteiger charge is -2.24. The fourth-order valence-electron chi connectivity index (χ4n) is 2.55. The van der Waals surface area contributed by atoms with E-state index in [1.807, 2.05) is 0 Å². The number of ether oxygens (including phenoxy) is 2. The Labute approximate surface area is 124 Å². The van der Waals surface area contributed by atoms with E-state index >= 15 is 0 Å². The first-order chi connectivity index (χ1) is 10.1. The SMILES string of the molecule is COC(=O)c1cc(NC(C)=O)ccc1OC1CCCCC1. The van der Waals surface area contributed by atoms with Gasteiger partial charge in [-0.05, 0) is 43.9 Å². The van der Waals surface area contributed by atoms with Crippen LogP contribution < -0.4 is 10.1 Å². The van der Waals surface area contributed by atoms with E-state index in [0.717, 1.165) is 25.7 Å². The third-order valence-corrected chi connectivity index (χ3v) is 3.55. The van der Waals surface area contributed by atoms with Gasteiger partial charge >= 0.3 is 5.97 Å². The fourth-order valence-corrected chi connectivity index (χ4v) is 2.55. The van der Waals surface area contributed by atoms with E-state index in [-0.39, 0.29) is 12.0 Å². The minimum absolute atomic E-state index is 0.147. The van der Waals surface area contributed by atoms with E-state index in [0.29, 0.717) is 17.0 Å². The van der Waals surface area contributed by atoms with Gasteiger partial charge in [-0.15, -0.1) is 0 Å². The van der Waals surface area contributed by atoms with Crippen molar-refractivity contribution in [2.24, 2.45) is 0 Å². The van der Waals surface area contributed by atoms with E-state index in [2.05, 4.69) is 5.32 Å². The normalized spacial score (nSPS) is 15.3. The van der Waals surface area contributed by atoms with Crippen LogP contribution in [0.2, 0.25) is 0 Å². The highest BCUT2D eigenvalue weighted by molar-refractivity contribution is 5.96. The summed E-state index contributed by atoms with van der Waals surface area (Å²) in [5.74, 6) is -0.136. The van der Waals surface area contributed by atoms with Gasteiger partial charge in [-0.25, -0.2) is 4.79 Å².